The molecule has 0 bridgehead atoms. The normalized spacial score (nSPS) is 10.4. The van der Waals surface area contributed by atoms with Crippen molar-refractivity contribution in [1.29, 1.82) is 0 Å². The molecule has 2 N–H and O–H groups in total. The molecule has 1 unspecified atom stereocenters. The third-order valence-electron chi connectivity index (χ3n) is 4.22. The van der Waals surface area contributed by atoms with Crippen molar-refractivity contribution in [2.75, 3.05) is 19.8 Å². The van der Waals surface area contributed by atoms with Gasteiger partial charge < -0.3 is 19.7 Å². The van der Waals surface area contributed by atoms with Crippen LogP contribution in [-0.2, 0) is 23.9 Å². The molecule has 0 aromatic heterocycles. The van der Waals surface area contributed by atoms with E-state index in [1.807, 2.05) is 36.4 Å². The first kappa shape index (κ1) is 32.7. The summed E-state index contributed by atoms with van der Waals surface area (Å²) in [7, 11) is 0. The zero-order chi connectivity index (χ0) is 26.2. The standard InChI is InChI=1S/C14H22O4.C8H8.C5H8O3/c1-4-6-7-12(5-2)10-18-14(17)11(3)8-9-13(15)16;1-2-8-6-4-3-5-7-8;1-2-5(7)8-4-3-6/h8-9,12H,3-7,10H2,1-2H3,(H,15,16);2-7H,1H2;2,6H,1,3-4H2. The Bertz CT molecular complexity index is 766. The van der Waals surface area contributed by atoms with Gasteiger partial charge in [-0.25, -0.2) is 14.4 Å². The number of carbonyl (C=O) groups excluding carboxylic acids is 2. The number of carboxylic acid groups (broad SMARTS) is 1. The van der Waals surface area contributed by atoms with E-state index in [9.17, 15) is 14.4 Å². The van der Waals surface area contributed by atoms with Crippen LogP contribution in [0, 0.1) is 5.92 Å². The zero-order valence-electron chi connectivity index (χ0n) is 20.3. The maximum Gasteiger partial charge on any atom is 0.337 e. The molecule has 0 aliphatic rings. The quantitative estimate of drug-likeness (QED) is 0.236. The lowest BCUT2D eigenvalue weighted by molar-refractivity contribution is -0.140. The molecule has 0 saturated heterocycles. The minimum absolute atomic E-state index is 0.0465. The van der Waals surface area contributed by atoms with E-state index in [0.717, 1.165) is 43.9 Å². The fourth-order valence-electron chi connectivity index (χ4n) is 2.22. The van der Waals surface area contributed by atoms with Crippen molar-refractivity contribution in [2.45, 2.75) is 39.5 Å². The summed E-state index contributed by atoms with van der Waals surface area (Å²) >= 11 is 0. The maximum atomic E-state index is 11.5. The van der Waals surface area contributed by atoms with Crippen LogP contribution in [0.2, 0.25) is 0 Å². The minimum atomic E-state index is -1.11. The van der Waals surface area contributed by atoms with Crippen molar-refractivity contribution in [3.8, 4) is 0 Å². The number of unbranched alkanes of at least 4 members (excludes halogenated alkanes) is 1. The molecule has 0 radical (unpaired) electrons. The number of hydrogen-bond acceptors (Lipinski definition) is 6. The van der Waals surface area contributed by atoms with E-state index < -0.39 is 17.9 Å². The van der Waals surface area contributed by atoms with E-state index in [1.165, 1.54) is 5.56 Å². The summed E-state index contributed by atoms with van der Waals surface area (Å²) < 4.78 is 9.44. The number of carbonyl (C=O) groups is 3. The Morgan fingerprint density at radius 1 is 1.06 bits per heavy atom. The van der Waals surface area contributed by atoms with E-state index in [0.29, 0.717) is 12.5 Å². The van der Waals surface area contributed by atoms with Crippen LogP contribution in [0.15, 0.2) is 73.9 Å². The number of aliphatic carboxylic acids is 1. The van der Waals surface area contributed by atoms with E-state index in [-0.39, 0.29) is 18.8 Å². The number of hydrogen-bond donors (Lipinski definition) is 2. The summed E-state index contributed by atoms with van der Waals surface area (Å²) in [5.41, 5.74) is 1.23. The monoisotopic (exact) mass is 474 g/mol. The van der Waals surface area contributed by atoms with E-state index in [2.05, 4.69) is 38.3 Å². The zero-order valence-corrected chi connectivity index (χ0v) is 20.3. The molecule has 1 aromatic rings. The molecule has 0 heterocycles. The Balaban J connectivity index is 0. The average Bonchev–Trinajstić information content (AvgIpc) is 2.86. The minimum Gasteiger partial charge on any atom is -0.478 e. The molecule has 1 aromatic carbocycles. The molecule has 0 amide bonds. The Morgan fingerprint density at radius 2 is 1.71 bits per heavy atom. The third-order valence-corrected chi connectivity index (χ3v) is 4.22. The number of aliphatic hydroxyl groups excluding tert-OH is 1. The summed E-state index contributed by atoms with van der Waals surface area (Å²) in [6.07, 6.45) is 9.15. The summed E-state index contributed by atoms with van der Waals surface area (Å²) in [6.45, 7) is 14.7. The Kier molecular flexibility index (Phi) is 21.9. The highest BCUT2D eigenvalue weighted by molar-refractivity contribution is 5.93. The lowest BCUT2D eigenvalue weighted by Crippen LogP contribution is -2.14. The van der Waals surface area contributed by atoms with Crippen LogP contribution in [-0.4, -0.2) is 47.9 Å². The second-order valence-electron chi connectivity index (χ2n) is 6.92. The van der Waals surface area contributed by atoms with Crippen molar-refractivity contribution >= 4 is 24.0 Å². The van der Waals surface area contributed by atoms with Crippen molar-refractivity contribution in [3.05, 3.63) is 79.4 Å². The fraction of sp³-hybridized carbons (Fsp3) is 0.370. The second-order valence-corrected chi connectivity index (χ2v) is 6.92. The highest BCUT2D eigenvalue weighted by Crippen LogP contribution is 2.13. The van der Waals surface area contributed by atoms with Crippen LogP contribution < -0.4 is 0 Å². The number of rotatable bonds is 13. The summed E-state index contributed by atoms with van der Waals surface area (Å²) in [4.78, 5) is 31.9. The van der Waals surface area contributed by atoms with Gasteiger partial charge in [-0.2, -0.15) is 0 Å². The van der Waals surface area contributed by atoms with Gasteiger partial charge in [0.2, 0.25) is 0 Å². The van der Waals surface area contributed by atoms with Gasteiger partial charge in [-0.05, 0) is 24.0 Å². The molecule has 0 aliphatic heterocycles. The highest BCUT2D eigenvalue weighted by Gasteiger charge is 2.11. The number of esters is 2. The number of aliphatic hydroxyl groups is 1. The fourth-order valence-corrected chi connectivity index (χ4v) is 2.22. The number of benzene rings is 1. The van der Waals surface area contributed by atoms with E-state index in [1.54, 1.807) is 0 Å². The maximum absolute atomic E-state index is 11.5. The molecule has 188 valence electrons. The van der Waals surface area contributed by atoms with Crippen molar-refractivity contribution in [3.63, 3.8) is 0 Å². The predicted octanol–water partition coefficient (Wildman–Crippen LogP) is 4.98. The first-order valence-corrected chi connectivity index (χ1v) is 11.1. The van der Waals surface area contributed by atoms with Crippen LogP contribution in [0.25, 0.3) is 6.08 Å². The topological polar surface area (TPSA) is 110 Å². The SMILES string of the molecule is C=C(C=CC(=O)O)C(=O)OCC(CC)CCCC.C=CC(=O)OCCO.C=Cc1ccccc1. The van der Waals surface area contributed by atoms with Crippen molar-refractivity contribution in [2.24, 2.45) is 5.92 Å². The number of carboxylic acids is 1. The summed E-state index contributed by atoms with van der Waals surface area (Å²) in [6, 6.07) is 10.0. The molecular formula is C27H38O7. The highest BCUT2D eigenvalue weighted by atomic mass is 16.5. The predicted molar refractivity (Wildman–Crippen MR) is 135 cm³/mol. The van der Waals surface area contributed by atoms with Crippen LogP contribution in [0.5, 0.6) is 0 Å². The summed E-state index contributed by atoms with van der Waals surface area (Å²) in [5, 5.41) is 16.5. The van der Waals surface area contributed by atoms with Gasteiger partial charge in [-0.3, -0.25) is 0 Å². The second kappa shape index (κ2) is 22.7. The first-order valence-electron chi connectivity index (χ1n) is 11.1. The Hall–Kier alpha value is -3.45. The van der Waals surface area contributed by atoms with E-state index >= 15 is 0 Å². The van der Waals surface area contributed by atoms with Crippen molar-refractivity contribution < 1.29 is 34.1 Å². The molecule has 0 spiro atoms. The van der Waals surface area contributed by atoms with Crippen LogP contribution >= 0.6 is 0 Å². The molecule has 1 rings (SSSR count). The van der Waals surface area contributed by atoms with E-state index in [4.69, 9.17) is 14.9 Å². The van der Waals surface area contributed by atoms with Gasteiger partial charge in [0.25, 0.3) is 0 Å². The van der Waals surface area contributed by atoms with Gasteiger partial charge in [0.15, 0.2) is 0 Å². The molecule has 0 saturated carbocycles. The molecule has 0 fully saturated rings. The lowest BCUT2D eigenvalue weighted by Gasteiger charge is -2.14. The van der Waals surface area contributed by atoms with Gasteiger partial charge in [-0.1, -0.05) is 89.3 Å². The van der Waals surface area contributed by atoms with Crippen molar-refractivity contribution in [1.82, 2.24) is 0 Å². The number of ether oxygens (including phenoxy) is 2. The first-order chi connectivity index (χ1) is 16.2. The third kappa shape index (κ3) is 20.5. The van der Waals surface area contributed by atoms with Crippen LogP contribution in [0.4, 0.5) is 0 Å². The van der Waals surface area contributed by atoms with Crippen LogP contribution in [0.1, 0.15) is 45.1 Å². The molecule has 1 atom stereocenters. The van der Waals surface area contributed by atoms with Gasteiger partial charge in [0, 0.05) is 12.2 Å². The molecule has 0 aliphatic carbocycles. The smallest absolute Gasteiger partial charge is 0.337 e. The van der Waals surface area contributed by atoms with Crippen LogP contribution in [0.3, 0.4) is 0 Å². The molecule has 7 heteroatoms. The molecule has 7 nitrogen and oxygen atoms in total. The van der Waals surface area contributed by atoms with Gasteiger partial charge in [0.05, 0.1) is 18.8 Å². The molecule has 34 heavy (non-hydrogen) atoms. The van der Waals surface area contributed by atoms with Gasteiger partial charge in [-0.15, -0.1) is 0 Å². The molecular weight excluding hydrogens is 436 g/mol. The average molecular weight is 475 g/mol. The van der Waals surface area contributed by atoms with Gasteiger partial charge in [0.1, 0.15) is 6.61 Å². The largest absolute Gasteiger partial charge is 0.478 e. The Labute approximate surface area is 203 Å². The Morgan fingerprint density at radius 3 is 2.15 bits per heavy atom. The summed E-state index contributed by atoms with van der Waals surface area (Å²) in [5.74, 6) is -1.80. The van der Waals surface area contributed by atoms with Gasteiger partial charge >= 0.3 is 17.9 Å². The lowest BCUT2D eigenvalue weighted by atomic mass is 10.0.